The molecular formula is C17H21NO4. The summed E-state index contributed by atoms with van der Waals surface area (Å²) in [4.78, 5) is 24.5. The topological polar surface area (TPSA) is 66.8 Å². The predicted octanol–water partition coefficient (Wildman–Crippen LogP) is 3.25. The van der Waals surface area contributed by atoms with Crippen LogP contribution in [0.3, 0.4) is 0 Å². The van der Waals surface area contributed by atoms with Gasteiger partial charge in [0.2, 0.25) is 0 Å². The minimum absolute atomic E-state index is 0.0222. The van der Waals surface area contributed by atoms with E-state index in [1.54, 1.807) is 17.9 Å². The van der Waals surface area contributed by atoms with E-state index < -0.39 is 6.09 Å². The van der Waals surface area contributed by atoms with E-state index in [9.17, 15) is 14.7 Å². The normalized spacial score (nSPS) is 26.8. The Kier molecular flexibility index (Phi) is 3.81. The molecule has 5 heteroatoms. The van der Waals surface area contributed by atoms with Crippen molar-refractivity contribution in [3.05, 3.63) is 29.3 Å². The fraction of sp³-hybridized carbons (Fsp3) is 0.529. The second-order valence-electron chi connectivity index (χ2n) is 6.27. The van der Waals surface area contributed by atoms with Gasteiger partial charge in [0, 0.05) is 36.1 Å². The molecule has 0 saturated carbocycles. The summed E-state index contributed by atoms with van der Waals surface area (Å²) in [7, 11) is 0. The van der Waals surface area contributed by atoms with Crippen LogP contribution in [0, 0.1) is 6.92 Å². The number of benzene rings is 1. The molecule has 1 N–H and O–H groups in total. The molecule has 3 atom stereocenters. The van der Waals surface area contributed by atoms with Crippen molar-refractivity contribution in [3.63, 3.8) is 0 Å². The predicted molar refractivity (Wildman–Crippen MR) is 81.5 cm³/mol. The molecule has 2 aliphatic rings. The van der Waals surface area contributed by atoms with Crippen molar-refractivity contribution in [1.29, 1.82) is 0 Å². The van der Waals surface area contributed by atoms with E-state index in [4.69, 9.17) is 4.74 Å². The third-order valence-corrected chi connectivity index (χ3v) is 4.87. The lowest BCUT2D eigenvalue weighted by atomic mass is 9.99. The number of amides is 1. The molecule has 0 spiro atoms. The quantitative estimate of drug-likeness (QED) is 0.870. The molecule has 2 bridgehead atoms. The van der Waals surface area contributed by atoms with E-state index in [-0.39, 0.29) is 24.0 Å². The third-order valence-electron chi connectivity index (χ3n) is 4.87. The average molecular weight is 303 g/mol. The van der Waals surface area contributed by atoms with Crippen molar-refractivity contribution in [2.75, 3.05) is 0 Å². The Bertz CT molecular complexity index is 599. The van der Waals surface area contributed by atoms with E-state index >= 15 is 0 Å². The van der Waals surface area contributed by atoms with Gasteiger partial charge in [-0.15, -0.1) is 0 Å². The highest BCUT2D eigenvalue weighted by Gasteiger charge is 2.44. The van der Waals surface area contributed by atoms with E-state index in [2.05, 4.69) is 0 Å². The Labute approximate surface area is 129 Å². The first kappa shape index (κ1) is 14.9. The fourth-order valence-corrected chi connectivity index (χ4v) is 3.84. The Morgan fingerprint density at radius 2 is 1.86 bits per heavy atom. The maximum atomic E-state index is 11.6. The summed E-state index contributed by atoms with van der Waals surface area (Å²) in [5.74, 6) is 0.768. The van der Waals surface area contributed by atoms with Gasteiger partial charge in [-0.1, -0.05) is 12.1 Å². The van der Waals surface area contributed by atoms with Gasteiger partial charge in [-0.05, 0) is 32.8 Å². The van der Waals surface area contributed by atoms with Crippen LogP contribution in [0.2, 0.25) is 0 Å². The van der Waals surface area contributed by atoms with E-state index in [0.717, 1.165) is 37.0 Å². The van der Waals surface area contributed by atoms with E-state index in [1.165, 1.54) is 0 Å². The number of hydrogen-bond acceptors (Lipinski definition) is 3. The third kappa shape index (κ3) is 2.56. The van der Waals surface area contributed by atoms with Crippen molar-refractivity contribution < 1.29 is 19.4 Å². The minimum atomic E-state index is -0.819. The van der Waals surface area contributed by atoms with Crippen LogP contribution in [0.5, 0.6) is 5.75 Å². The molecule has 1 unspecified atom stereocenters. The highest BCUT2D eigenvalue weighted by molar-refractivity contribution is 5.96. The number of Topliss-reactive ketones (excluding diaryl/α,β-unsaturated/α-hetero) is 1. The molecule has 118 valence electrons. The molecule has 5 nitrogen and oxygen atoms in total. The molecule has 1 amide bonds. The van der Waals surface area contributed by atoms with E-state index in [1.807, 2.05) is 19.1 Å². The van der Waals surface area contributed by atoms with E-state index in [0.29, 0.717) is 5.56 Å². The second-order valence-corrected chi connectivity index (χ2v) is 6.27. The van der Waals surface area contributed by atoms with Crippen molar-refractivity contribution in [1.82, 2.24) is 4.90 Å². The van der Waals surface area contributed by atoms with Crippen LogP contribution in [-0.2, 0) is 0 Å². The molecule has 2 saturated heterocycles. The Balaban J connectivity index is 1.75. The molecule has 3 rings (SSSR count). The number of carbonyl (C=O) groups is 2. The lowest BCUT2D eigenvalue weighted by molar-refractivity contribution is 0.0492. The van der Waals surface area contributed by atoms with Gasteiger partial charge in [0.25, 0.3) is 0 Å². The van der Waals surface area contributed by atoms with Crippen LogP contribution in [0.15, 0.2) is 18.2 Å². The molecule has 22 heavy (non-hydrogen) atoms. The van der Waals surface area contributed by atoms with Gasteiger partial charge in [0.05, 0.1) is 0 Å². The first-order chi connectivity index (χ1) is 10.5. The first-order valence-corrected chi connectivity index (χ1v) is 7.76. The summed E-state index contributed by atoms with van der Waals surface area (Å²) < 4.78 is 6.11. The summed E-state index contributed by atoms with van der Waals surface area (Å²) >= 11 is 0. The smallest absolute Gasteiger partial charge is 0.407 e. The zero-order valence-corrected chi connectivity index (χ0v) is 12.9. The number of rotatable bonds is 3. The van der Waals surface area contributed by atoms with Gasteiger partial charge in [-0.2, -0.15) is 0 Å². The van der Waals surface area contributed by atoms with Gasteiger partial charge in [-0.25, -0.2) is 4.79 Å². The number of carboxylic acid groups (broad SMARTS) is 1. The van der Waals surface area contributed by atoms with Crippen molar-refractivity contribution in [2.45, 2.75) is 57.7 Å². The fourth-order valence-electron chi connectivity index (χ4n) is 3.84. The van der Waals surface area contributed by atoms with Gasteiger partial charge in [0.1, 0.15) is 11.9 Å². The van der Waals surface area contributed by atoms with Crippen molar-refractivity contribution >= 4 is 11.9 Å². The lowest BCUT2D eigenvalue weighted by Crippen LogP contribution is -2.48. The van der Waals surface area contributed by atoms with Crippen LogP contribution < -0.4 is 4.74 Å². The summed E-state index contributed by atoms with van der Waals surface area (Å²) in [5.41, 5.74) is 1.55. The van der Waals surface area contributed by atoms with Crippen LogP contribution in [0.1, 0.15) is 48.5 Å². The van der Waals surface area contributed by atoms with Crippen molar-refractivity contribution in [3.8, 4) is 5.75 Å². The number of ketones is 1. The molecule has 1 aromatic rings. The van der Waals surface area contributed by atoms with Gasteiger partial charge >= 0.3 is 6.09 Å². The zero-order chi connectivity index (χ0) is 15.9. The largest absolute Gasteiger partial charge is 0.490 e. The summed E-state index contributed by atoms with van der Waals surface area (Å²) in [6, 6.07) is 5.66. The maximum absolute atomic E-state index is 11.6. The monoisotopic (exact) mass is 303 g/mol. The highest BCUT2D eigenvalue weighted by Crippen LogP contribution is 2.37. The molecule has 2 heterocycles. The molecular weight excluding hydrogens is 282 g/mol. The Morgan fingerprint density at radius 3 is 2.41 bits per heavy atom. The number of fused-ring (bicyclic) bond motifs is 2. The number of hydrogen-bond donors (Lipinski definition) is 1. The molecule has 2 fully saturated rings. The zero-order valence-electron chi connectivity index (χ0n) is 12.9. The van der Waals surface area contributed by atoms with Crippen LogP contribution in [-0.4, -0.2) is 40.1 Å². The number of piperidine rings is 1. The molecule has 1 aromatic carbocycles. The molecule has 0 aromatic heterocycles. The summed E-state index contributed by atoms with van der Waals surface area (Å²) in [6.07, 6.45) is 2.50. The van der Waals surface area contributed by atoms with Gasteiger partial charge in [0.15, 0.2) is 5.78 Å². The molecule has 2 aliphatic heterocycles. The Hall–Kier alpha value is -2.04. The SMILES string of the molecule is CC(=O)c1cccc(OC2C[C@H]3CC[C@@H](C2)N3C(=O)O)c1C. The number of nitrogens with zero attached hydrogens (tertiary/aromatic N) is 1. The Morgan fingerprint density at radius 1 is 1.23 bits per heavy atom. The number of carbonyl (C=O) groups excluding carboxylic acids is 1. The standard InChI is InChI=1S/C17H21NO4/c1-10-15(11(2)19)4-3-5-16(10)22-14-8-12-6-7-13(9-14)18(12)17(20)21/h3-5,12-14H,6-9H2,1-2H3,(H,20,21)/t12-,13+,14?. The summed E-state index contributed by atoms with van der Waals surface area (Å²) in [6.45, 7) is 3.45. The highest BCUT2D eigenvalue weighted by atomic mass is 16.5. The first-order valence-electron chi connectivity index (χ1n) is 7.76. The lowest BCUT2D eigenvalue weighted by Gasteiger charge is -2.37. The minimum Gasteiger partial charge on any atom is -0.490 e. The van der Waals surface area contributed by atoms with Crippen LogP contribution in [0.4, 0.5) is 4.79 Å². The maximum Gasteiger partial charge on any atom is 0.407 e. The van der Waals surface area contributed by atoms with Crippen LogP contribution in [0.25, 0.3) is 0 Å². The number of ether oxygens (including phenoxy) is 1. The average Bonchev–Trinajstić information content (AvgIpc) is 2.73. The second kappa shape index (κ2) is 5.63. The molecule has 0 aliphatic carbocycles. The summed E-state index contributed by atoms with van der Waals surface area (Å²) in [5, 5.41) is 9.28. The van der Waals surface area contributed by atoms with Crippen LogP contribution >= 0.6 is 0 Å². The van der Waals surface area contributed by atoms with Gasteiger partial charge < -0.3 is 14.7 Å². The van der Waals surface area contributed by atoms with Gasteiger partial charge in [-0.3, -0.25) is 4.79 Å². The van der Waals surface area contributed by atoms with Crippen molar-refractivity contribution in [2.24, 2.45) is 0 Å². The molecule has 0 radical (unpaired) electrons.